The summed E-state index contributed by atoms with van der Waals surface area (Å²) < 4.78 is 0. The molecule has 1 aliphatic rings. The standard InChI is InChI=1S/C12H24N2O2/c1-3-4-5-6-13-12(16)10(2)14-7-11(8-14)9-15/h10-11,15H,3-9H2,1-2H3,(H,13,16). The van der Waals surface area contributed by atoms with Crippen LogP contribution < -0.4 is 5.32 Å². The number of rotatable bonds is 7. The second-order valence-corrected chi connectivity index (χ2v) is 4.68. The van der Waals surface area contributed by atoms with E-state index in [9.17, 15) is 4.79 Å². The summed E-state index contributed by atoms with van der Waals surface area (Å²) in [5.74, 6) is 0.489. The molecule has 1 atom stereocenters. The van der Waals surface area contributed by atoms with Crippen LogP contribution in [0.3, 0.4) is 0 Å². The Morgan fingerprint density at radius 1 is 1.50 bits per heavy atom. The van der Waals surface area contributed by atoms with Crippen LogP contribution >= 0.6 is 0 Å². The number of carbonyl (C=O) groups excluding carboxylic acids is 1. The average molecular weight is 228 g/mol. The first-order valence-corrected chi connectivity index (χ1v) is 6.31. The van der Waals surface area contributed by atoms with Crippen LogP contribution in [0, 0.1) is 5.92 Å². The number of hydrogen-bond donors (Lipinski definition) is 2. The molecule has 0 aliphatic carbocycles. The third-order valence-electron chi connectivity index (χ3n) is 3.25. The maximum absolute atomic E-state index is 11.7. The Labute approximate surface area is 98.0 Å². The van der Waals surface area contributed by atoms with E-state index in [-0.39, 0.29) is 18.6 Å². The van der Waals surface area contributed by atoms with Crippen molar-refractivity contribution in [1.29, 1.82) is 0 Å². The van der Waals surface area contributed by atoms with Crippen molar-refractivity contribution >= 4 is 5.91 Å². The normalized spacial score (nSPS) is 19.2. The number of hydrogen-bond acceptors (Lipinski definition) is 3. The lowest BCUT2D eigenvalue weighted by molar-refractivity contribution is -0.129. The molecule has 1 saturated heterocycles. The molecule has 94 valence electrons. The van der Waals surface area contributed by atoms with Crippen molar-refractivity contribution in [2.24, 2.45) is 5.92 Å². The van der Waals surface area contributed by atoms with Crippen LogP contribution in [-0.4, -0.2) is 48.2 Å². The van der Waals surface area contributed by atoms with Gasteiger partial charge in [0.05, 0.1) is 6.04 Å². The van der Waals surface area contributed by atoms with Crippen LogP contribution in [0.25, 0.3) is 0 Å². The number of nitrogens with one attached hydrogen (secondary N) is 1. The number of likely N-dealkylation sites (tertiary alicyclic amines) is 1. The molecule has 16 heavy (non-hydrogen) atoms. The Bertz CT molecular complexity index is 215. The van der Waals surface area contributed by atoms with Gasteiger partial charge in [-0.1, -0.05) is 19.8 Å². The number of unbranched alkanes of at least 4 members (excludes halogenated alkanes) is 2. The molecule has 0 aromatic heterocycles. The minimum absolute atomic E-state index is 0.0515. The number of carbonyl (C=O) groups is 1. The minimum Gasteiger partial charge on any atom is -0.396 e. The van der Waals surface area contributed by atoms with Crippen molar-refractivity contribution in [3.63, 3.8) is 0 Å². The van der Waals surface area contributed by atoms with Gasteiger partial charge < -0.3 is 10.4 Å². The fourth-order valence-electron chi connectivity index (χ4n) is 1.94. The Kier molecular flexibility index (Phi) is 5.77. The van der Waals surface area contributed by atoms with Gasteiger partial charge in [0, 0.05) is 32.2 Å². The maximum Gasteiger partial charge on any atom is 0.237 e. The van der Waals surface area contributed by atoms with E-state index in [0.29, 0.717) is 5.92 Å². The van der Waals surface area contributed by atoms with E-state index in [2.05, 4.69) is 17.1 Å². The van der Waals surface area contributed by atoms with E-state index < -0.39 is 0 Å². The highest BCUT2D eigenvalue weighted by Gasteiger charge is 2.32. The summed E-state index contributed by atoms with van der Waals surface area (Å²) >= 11 is 0. The van der Waals surface area contributed by atoms with Gasteiger partial charge in [0.25, 0.3) is 0 Å². The highest BCUT2D eigenvalue weighted by atomic mass is 16.3. The monoisotopic (exact) mass is 228 g/mol. The number of aliphatic hydroxyl groups excluding tert-OH is 1. The van der Waals surface area contributed by atoms with Crippen LogP contribution in [0.5, 0.6) is 0 Å². The van der Waals surface area contributed by atoms with Crippen LogP contribution in [0.2, 0.25) is 0 Å². The third kappa shape index (κ3) is 3.76. The van der Waals surface area contributed by atoms with Gasteiger partial charge in [-0.25, -0.2) is 0 Å². The first-order valence-electron chi connectivity index (χ1n) is 6.31. The zero-order chi connectivity index (χ0) is 12.0. The molecule has 0 aromatic rings. The molecule has 1 fully saturated rings. The average Bonchev–Trinajstić information content (AvgIpc) is 2.22. The molecule has 0 saturated carbocycles. The SMILES string of the molecule is CCCCCNC(=O)C(C)N1CC(CO)C1. The minimum atomic E-state index is -0.0515. The molecule has 4 nitrogen and oxygen atoms in total. The quantitative estimate of drug-likeness (QED) is 0.628. The molecule has 1 amide bonds. The van der Waals surface area contributed by atoms with Gasteiger partial charge in [-0.15, -0.1) is 0 Å². The van der Waals surface area contributed by atoms with Gasteiger partial charge in [-0.3, -0.25) is 9.69 Å². The van der Waals surface area contributed by atoms with Crippen molar-refractivity contribution in [2.75, 3.05) is 26.2 Å². The lowest BCUT2D eigenvalue weighted by atomic mass is 9.99. The smallest absolute Gasteiger partial charge is 0.237 e. The molecular formula is C12H24N2O2. The second-order valence-electron chi connectivity index (χ2n) is 4.68. The Hall–Kier alpha value is -0.610. The van der Waals surface area contributed by atoms with E-state index in [1.165, 1.54) is 12.8 Å². The first kappa shape index (κ1) is 13.5. The van der Waals surface area contributed by atoms with Gasteiger partial charge >= 0.3 is 0 Å². The van der Waals surface area contributed by atoms with Gasteiger partial charge in [0.15, 0.2) is 0 Å². The summed E-state index contributed by atoms with van der Waals surface area (Å²) in [6, 6.07) is -0.0515. The van der Waals surface area contributed by atoms with Gasteiger partial charge in [-0.2, -0.15) is 0 Å². The predicted octanol–water partition coefficient (Wildman–Crippen LogP) is 0.605. The fourth-order valence-corrected chi connectivity index (χ4v) is 1.94. The first-order chi connectivity index (χ1) is 7.69. The molecule has 0 bridgehead atoms. The van der Waals surface area contributed by atoms with Crippen molar-refractivity contribution in [1.82, 2.24) is 10.2 Å². The topological polar surface area (TPSA) is 52.6 Å². The van der Waals surface area contributed by atoms with Crippen molar-refractivity contribution in [2.45, 2.75) is 39.2 Å². The maximum atomic E-state index is 11.7. The largest absolute Gasteiger partial charge is 0.396 e. The summed E-state index contributed by atoms with van der Waals surface area (Å²) in [4.78, 5) is 13.8. The van der Waals surface area contributed by atoms with E-state index in [1.54, 1.807) is 0 Å². The van der Waals surface area contributed by atoms with Gasteiger partial charge in [-0.05, 0) is 13.3 Å². The summed E-state index contributed by atoms with van der Waals surface area (Å²) in [5, 5.41) is 11.9. The molecule has 0 spiro atoms. The fraction of sp³-hybridized carbons (Fsp3) is 0.917. The Balaban J connectivity index is 2.12. The molecule has 1 unspecified atom stereocenters. The summed E-state index contributed by atoms with van der Waals surface area (Å²) in [5.41, 5.74) is 0. The molecule has 2 N–H and O–H groups in total. The zero-order valence-electron chi connectivity index (χ0n) is 10.4. The van der Waals surface area contributed by atoms with Crippen molar-refractivity contribution in [3.8, 4) is 0 Å². The van der Waals surface area contributed by atoms with E-state index >= 15 is 0 Å². The van der Waals surface area contributed by atoms with Crippen LogP contribution in [0.4, 0.5) is 0 Å². The predicted molar refractivity (Wildman–Crippen MR) is 64.1 cm³/mol. The second kappa shape index (κ2) is 6.86. The molecule has 1 rings (SSSR count). The van der Waals surface area contributed by atoms with Crippen LogP contribution in [0.1, 0.15) is 33.1 Å². The highest BCUT2D eigenvalue weighted by molar-refractivity contribution is 5.81. The number of amides is 1. The van der Waals surface area contributed by atoms with Gasteiger partial charge in [0.1, 0.15) is 0 Å². The lowest BCUT2D eigenvalue weighted by Crippen LogP contribution is -2.57. The molecule has 4 heteroatoms. The number of aliphatic hydroxyl groups is 1. The molecule has 1 aliphatic heterocycles. The molecule has 1 heterocycles. The Morgan fingerprint density at radius 2 is 2.19 bits per heavy atom. The van der Waals surface area contributed by atoms with E-state index in [0.717, 1.165) is 26.1 Å². The molecule has 0 aromatic carbocycles. The zero-order valence-corrected chi connectivity index (χ0v) is 10.4. The summed E-state index contributed by atoms with van der Waals surface area (Å²) in [6.07, 6.45) is 3.41. The van der Waals surface area contributed by atoms with Crippen molar-refractivity contribution < 1.29 is 9.90 Å². The highest BCUT2D eigenvalue weighted by Crippen LogP contribution is 2.17. The number of nitrogens with zero attached hydrogens (tertiary/aromatic N) is 1. The molecular weight excluding hydrogens is 204 g/mol. The van der Waals surface area contributed by atoms with E-state index in [4.69, 9.17) is 5.11 Å². The van der Waals surface area contributed by atoms with Gasteiger partial charge in [0.2, 0.25) is 5.91 Å². The third-order valence-corrected chi connectivity index (χ3v) is 3.25. The van der Waals surface area contributed by atoms with Crippen LogP contribution in [0.15, 0.2) is 0 Å². The Morgan fingerprint density at radius 3 is 2.75 bits per heavy atom. The summed E-state index contributed by atoms with van der Waals surface area (Å²) in [7, 11) is 0. The van der Waals surface area contributed by atoms with E-state index in [1.807, 2.05) is 6.92 Å². The molecule has 0 radical (unpaired) electrons. The van der Waals surface area contributed by atoms with Crippen molar-refractivity contribution in [3.05, 3.63) is 0 Å². The van der Waals surface area contributed by atoms with Crippen LogP contribution in [-0.2, 0) is 4.79 Å². The summed E-state index contributed by atoms with van der Waals surface area (Å²) in [6.45, 7) is 6.80. The lowest BCUT2D eigenvalue weighted by Gasteiger charge is -2.41.